The Labute approximate surface area is 114 Å². The maximum atomic E-state index is 12.4. The highest BCUT2D eigenvalue weighted by atomic mass is 19.4. The number of rotatable bonds is 3. The summed E-state index contributed by atoms with van der Waals surface area (Å²) in [5.74, 6) is -0.267. The largest absolute Gasteiger partial charge is 0.416 e. The van der Waals surface area contributed by atoms with E-state index in [9.17, 15) is 18.0 Å². The van der Waals surface area contributed by atoms with Crippen LogP contribution in [-0.2, 0) is 22.3 Å². The molecule has 7 heteroatoms. The number of carbonyl (C=O) groups is 1. The highest BCUT2D eigenvalue weighted by Gasteiger charge is 2.30. The molecular weight excluding hydrogens is 273 g/mol. The van der Waals surface area contributed by atoms with E-state index in [1.807, 2.05) is 0 Å². The highest BCUT2D eigenvalue weighted by molar-refractivity contribution is 5.81. The molecule has 0 spiro atoms. The van der Waals surface area contributed by atoms with Gasteiger partial charge in [0.15, 0.2) is 0 Å². The normalized spacial score (nSPS) is 19.6. The minimum atomic E-state index is -4.34. The number of alkyl halides is 3. The van der Waals surface area contributed by atoms with Crippen molar-refractivity contribution >= 4 is 5.91 Å². The number of benzene rings is 1. The van der Waals surface area contributed by atoms with Gasteiger partial charge in [0.25, 0.3) is 5.91 Å². The SMILES string of the molecule is O=C(NCc1ccc(C(F)(F)F)cc1)C1CNCCO1. The van der Waals surface area contributed by atoms with Gasteiger partial charge in [-0.05, 0) is 17.7 Å². The van der Waals surface area contributed by atoms with Gasteiger partial charge in [0.1, 0.15) is 6.10 Å². The predicted octanol–water partition coefficient (Wildman–Crippen LogP) is 1.31. The average Bonchev–Trinajstić information content (AvgIpc) is 2.45. The second-order valence-corrected chi connectivity index (χ2v) is 4.48. The van der Waals surface area contributed by atoms with E-state index < -0.39 is 17.8 Å². The molecule has 1 heterocycles. The molecule has 0 bridgehead atoms. The number of hydrogen-bond acceptors (Lipinski definition) is 3. The van der Waals surface area contributed by atoms with Gasteiger partial charge in [-0.25, -0.2) is 0 Å². The maximum Gasteiger partial charge on any atom is 0.416 e. The van der Waals surface area contributed by atoms with Crippen molar-refractivity contribution in [3.63, 3.8) is 0 Å². The van der Waals surface area contributed by atoms with Gasteiger partial charge in [-0.1, -0.05) is 12.1 Å². The zero-order valence-corrected chi connectivity index (χ0v) is 10.7. The van der Waals surface area contributed by atoms with Crippen molar-refractivity contribution in [2.75, 3.05) is 19.7 Å². The molecule has 0 aliphatic carbocycles. The molecule has 1 fully saturated rings. The minimum absolute atomic E-state index is 0.177. The summed E-state index contributed by atoms with van der Waals surface area (Å²) in [6, 6.07) is 4.70. The molecule has 2 N–H and O–H groups in total. The second-order valence-electron chi connectivity index (χ2n) is 4.48. The van der Waals surface area contributed by atoms with E-state index in [1.54, 1.807) is 0 Å². The van der Waals surface area contributed by atoms with Crippen molar-refractivity contribution < 1.29 is 22.7 Å². The number of carbonyl (C=O) groups excluding carboxylic acids is 1. The molecule has 20 heavy (non-hydrogen) atoms. The zero-order valence-electron chi connectivity index (χ0n) is 10.7. The maximum absolute atomic E-state index is 12.4. The lowest BCUT2D eigenvalue weighted by molar-refractivity contribution is -0.137. The summed E-state index contributed by atoms with van der Waals surface area (Å²) in [4.78, 5) is 11.7. The van der Waals surface area contributed by atoms with Crippen LogP contribution in [0.2, 0.25) is 0 Å². The van der Waals surface area contributed by atoms with E-state index >= 15 is 0 Å². The Balaban J connectivity index is 1.86. The smallest absolute Gasteiger partial charge is 0.366 e. The van der Waals surface area contributed by atoms with Gasteiger partial charge in [-0.15, -0.1) is 0 Å². The molecule has 1 amide bonds. The standard InChI is InChI=1S/C13H15F3N2O2/c14-13(15,16)10-3-1-9(2-4-10)7-18-12(19)11-8-17-5-6-20-11/h1-4,11,17H,5-8H2,(H,18,19). The molecule has 0 aromatic heterocycles. The van der Waals surface area contributed by atoms with E-state index in [2.05, 4.69) is 10.6 Å². The number of morpholine rings is 1. The van der Waals surface area contributed by atoms with Crippen LogP contribution in [0.25, 0.3) is 0 Å². The lowest BCUT2D eigenvalue weighted by Gasteiger charge is -2.22. The molecule has 2 rings (SSSR count). The predicted molar refractivity (Wildman–Crippen MR) is 65.9 cm³/mol. The molecule has 1 aromatic rings. The van der Waals surface area contributed by atoms with Crippen LogP contribution in [0.4, 0.5) is 13.2 Å². The van der Waals surface area contributed by atoms with Crippen molar-refractivity contribution in [1.82, 2.24) is 10.6 Å². The van der Waals surface area contributed by atoms with Gasteiger partial charge >= 0.3 is 6.18 Å². The van der Waals surface area contributed by atoms with Gasteiger partial charge < -0.3 is 15.4 Å². The number of amides is 1. The molecule has 1 atom stereocenters. The molecule has 1 saturated heterocycles. The van der Waals surface area contributed by atoms with Gasteiger partial charge in [0.05, 0.1) is 12.2 Å². The molecule has 110 valence electrons. The van der Waals surface area contributed by atoms with Gasteiger partial charge in [-0.2, -0.15) is 13.2 Å². The number of nitrogens with one attached hydrogen (secondary N) is 2. The third-order valence-electron chi connectivity index (χ3n) is 2.97. The molecule has 1 unspecified atom stereocenters. The van der Waals surface area contributed by atoms with Crippen LogP contribution in [0.1, 0.15) is 11.1 Å². The summed E-state index contributed by atoms with van der Waals surface area (Å²) >= 11 is 0. The van der Waals surface area contributed by atoms with Crippen molar-refractivity contribution in [3.8, 4) is 0 Å². The zero-order chi connectivity index (χ0) is 14.6. The van der Waals surface area contributed by atoms with E-state index in [-0.39, 0.29) is 12.5 Å². The van der Waals surface area contributed by atoms with Crippen LogP contribution < -0.4 is 10.6 Å². The van der Waals surface area contributed by atoms with Crippen LogP contribution in [0, 0.1) is 0 Å². The summed E-state index contributed by atoms with van der Waals surface area (Å²) in [5, 5.41) is 5.67. The number of ether oxygens (including phenoxy) is 1. The fourth-order valence-corrected chi connectivity index (χ4v) is 1.85. The summed E-state index contributed by atoms with van der Waals surface area (Å²) < 4.78 is 42.4. The molecule has 0 radical (unpaired) electrons. The molecule has 1 aromatic carbocycles. The Hall–Kier alpha value is -1.60. The Bertz CT molecular complexity index is 454. The number of halogens is 3. The van der Waals surface area contributed by atoms with E-state index in [1.165, 1.54) is 12.1 Å². The fraction of sp³-hybridized carbons (Fsp3) is 0.462. The monoisotopic (exact) mass is 288 g/mol. The average molecular weight is 288 g/mol. The summed E-state index contributed by atoms with van der Waals surface area (Å²) in [7, 11) is 0. The Morgan fingerprint density at radius 1 is 1.35 bits per heavy atom. The Morgan fingerprint density at radius 3 is 2.60 bits per heavy atom. The first-order chi connectivity index (χ1) is 9.47. The van der Waals surface area contributed by atoms with Gasteiger partial charge in [0.2, 0.25) is 0 Å². The van der Waals surface area contributed by atoms with Crippen molar-refractivity contribution in [2.24, 2.45) is 0 Å². The molecule has 1 aliphatic heterocycles. The second kappa shape index (κ2) is 6.23. The van der Waals surface area contributed by atoms with Crippen LogP contribution in [0.15, 0.2) is 24.3 Å². The number of hydrogen-bond donors (Lipinski definition) is 2. The van der Waals surface area contributed by atoms with Gasteiger partial charge in [0, 0.05) is 19.6 Å². The van der Waals surface area contributed by atoms with Crippen LogP contribution in [0.5, 0.6) is 0 Å². The third kappa shape index (κ3) is 3.94. The first-order valence-corrected chi connectivity index (χ1v) is 6.23. The Morgan fingerprint density at radius 2 is 2.05 bits per heavy atom. The van der Waals surface area contributed by atoms with Crippen LogP contribution in [0.3, 0.4) is 0 Å². The van der Waals surface area contributed by atoms with Crippen molar-refractivity contribution in [3.05, 3.63) is 35.4 Å². The molecular formula is C13H15F3N2O2. The lowest BCUT2D eigenvalue weighted by atomic mass is 10.1. The van der Waals surface area contributed by atoms with Gasteiger partial charge in [-0.3, -0.25) is 4.79 Å². The molecule has 4 nitrogen and oxygen atoms in total. The molecule has 1 aliphatic rings. The fourth-order valence-electron chi connectivity index (χ4n) is 1.85. The van der Waals surface area contributed by atoms with E-state index in [4.69, 9.17) is 4.74 Å². The summed E-state index contributed by atoms with van der Waals surface area (Å²) in [6.45, 7) is 1.80. The van der Waals surface area contributed by atoms with E-state index in [0.29, 0.717) is 25.3 Å². The van der Waals surface area contributed by atoms with Crippen LogP contribution in [-0.4, -0.2) is 31.7 Å². The van der Waals surface area contributed by atoms with Crippen LogP contribution >= 0.6 is 0 Å². The third-order valence-corrected chi connectivity index (χ3v) is 2.97. The van der Waals surface area contributed by atoms with Crippen molar-refractivity contribution in [2.45, 2.75) is 18.8 Å². The molecule has 0 saturated carbocycles. The summed E-state index contributed by atoms with van der Waals surface area (Å²) in [5.41, 5.74) is -0.0949. The first kappa shape index (κ1) is 14.8. The quantitative estimate of drug-likeness (QED) is 0.881. The highest BCUT2D eigenvalue weighted by Crippen LogP contribution is 2.28. The minimum Gasteiger partial charge on any atom is -0.366 e. The first-order valence-electron chi connectivity index (χ1n) is 6.23. The Kier molecular flexibility index (Phi) is 4.61. The lowest BCUT2D eigenvalue weighted by Crippen LogP contribution is -2.47. The topological polar surface area (TPSA) is 50.4 Å². The van der Waals surface area contributed by atoms with E-state index in [0.717, 1.165) is 12.1 Å². The van der Waals surface area contributed by atoms with Crippen molar-refractivity contribution in [1.29, 1.82) is 0 Å². The summed E-state index contributed by atoms with van der Waals surface area (Å²) in [6.07, 6.45) is -4.89.